The van der Waals surface area contributed by atoms with Crippen molar-refractivity contribution in [1.29, 1.82) is 0 Å². The fourth-order valence-corrected chi connectivity index (χ4v) is 1.63. The maximum absolute atomic E-state index is 12.8. The van der Waals surface area contributed by atoms with Gasteiger partial charge in [-0.15, -0.1) is 0 Å². The van der Waals surface area contributed by atoms with E-state index in [4.69, 9.17) is 0 Å². The van der Waals surface area contributed by atoms with Gasteiger partial charge < -0.3 is 10.2 Å². The second kappa shape index (κ2) is 6.69. The average molecular weight is 250 g/mol. The molecule has 0 fully saturated rings. The van der Waals surface area contributed by atoms with Crippen LogP contribution in [-0.2, 0) is 0 Å². The van der Waals surface area contributed by atoms with Crippen LogP contribution >= 0.6 is 0 Å². The van der Waals surface area contributed by atoms with Gasteiger partial charge in [-0.05, 0) is 26.5 Å². The van der Waals surface area contributed by atoms with Crippen molar-refractivity contribution in [3.05, 3.63) is 23.4 Å². The van der Waals surface area contributed by atoms with Crippen LogP contribution < -0.4 is 5.32 Å². The zero-order valence-corrected chi connectivity index (χ0v) is 11.0. The van der Waals surface area contributed by atoms with Gasteiger partial charge in [0.2, 0.25) is 0 Å². The first kappa shape index (κ1) is 16.0. The van der Waals surface area contributed by atoms with Gasteiger partial charge in [0.05, 0.1) is 0 Å². The molecule has 0 bridgehead atoms. The van der Waals surface area contributed by atoms with Crippen molar-refractivity contribution < 1.29 is 13.2 Å². The molecule has 17 heavy (non-hydrogen) atoms. The van der Waals surface area contributed by atoms with Crippen molar-refractivity contribution in [2.24, 2.45) is 0 Å². The van der Waals surface area contributed by atoms with E-state index in [1.54, 1.807) is 7.05 Å². The third kappa shape index (κ3) is 4.81. The number of likely N-dealkylation sites (N-methyl/N-ethyl adjacent to an activating group) is 1. The Morgan fingerprint density at radius 3 is 2.12 bits per heavy atom. The number of allylic oxidation sites excluding steroid dienone is 2. The highest BCUT2D eigenvalue weighted by atomic mass is 19.4. The molecule has 0 aliphatic carbocycles. The summed E-state index contributed by atoms with van der Waals surface area (Å²) in [6.45, 7) is 3.76. The second-order valence-corrected chi connectivity index (χ2v) is 3.93. The molecular formula is C12H21F3N2. The number of rotatable bonds is 5. The Kier molecular flexibility index (Phi) is 6.31. The van der Waals surface area contributed by atoms with Crippen LogP contribution in [0.2, 0.25) is 0 Å². The lowest BCUT2D eigenvalue weighted by atomic mass is 10.0. The highest BCUT2D eigenvalue weighted by Crippen LogP contribution is 2.28. The van der Waals surface area contributed by atoms with Crippen molar-refractivity contribution >= 4 is 0 Å². The predicted molar refractivity (Wildman–Crippen MR) is 64.7 cm³/mol. The van der Waals surface area contributed by atoms with Crippen LogP contribution in [0.25, 0.3) is 0 Å². The first-order chi connectivity index (χ1) is 7.77. The number of nitrogens with zero attached hydrogens (tertiary/aromatic N) is 1. The van der Waals surface area contributed by atoms with Crippen LogP contribution in [0.1, 0.15) is 20.3 Å². The smallest absolute Gasteiger partial charge is 0.374 e. The lowest BCUT2D eigenvalue weighted by molar-refractivity contribution is -0.108. The normalized spacial score (nSPS) is 16.0. The minimum absolute atomic E-state index is 0.385. The lowest BCUT2D eigenvalue weighted by Crippen LogP contribution is -2.31. The van der Waals surface area contributed by atoms with Crippen molar-refractivity contribution in [2.45, 2.75) is 32.5 Å². The van der Waals surface area contributed by atoms with Crippen molar-refractivity contribution in [2.75, 3.05) is 21.1 Å². The standard InChI is InChI=1S/C12H21F3N2/c1-6-9(7-2)10(16-3)8-11(17(4)5)12(13,14)15/h6,8,10,16H,7H2,1-5H3/b9-6-,11-8-. The molecule has 0 aliphatic rings. The molecule has 0 radical (unpaired) electrons. The topological polar surface area (TPSA) is 15.3 Å². The number of hydrogen-bond acceptors (Lipinski definition) is 2. The van der Waals surface area contributed by atoms with E-state index < -0.39 is 11.9 Å². The highest BCUT2D eigenvalue weighted by molar-refractivity contribution is 5.22. The van der Waals surface area contributed by atoms with E-state index in [9.17, 15) is 13.2 Å². The van der Waals surface area contributed by atoms with Crippen LogP contribution in [0.5, 0.6) is 0 Å². The Labute approximate surface area is 101 Å². The van der Waals surface area contributed by atoms with Crippen molar-refractivity contribution in [3.63, 3.8) is 0 Å². The van der Waals surface area contributed by atoms with Crippen LogP contribution in [0.15, 0.2) is 23.4 Å². The number of halogens is 3. The lowest BCUT2D eigenvalue weighted by Gasteiger charge is -2.23. The Morgan fingerprint density at radius 2 is 1.88 bits per heavy atom. The van der Waals surface area contributed by atoms with E-state index in [-0.39, 0.29) is 6.04 Å². The molecule has 5 heteroatoms. The molecule has 0 saturated heterocycles. The minimum Gasteiger partial charge on any atom is -0.374 e. The maximum atomic E-state index is 12.8. The predicted octanol–water partition coefficient (Wildman–Crippen LogP) is 2.94. The van der Waals surface area contributed by atoms with Gasteiger partial charge in [0, 0.05) is 20.1 Å². The maximum Gasteiger partial charge on any atom is 0.430 e. The van der Waals surface area contributed by atoms with Gasteiger partial charge in [0.15, 0.2) is 0 Å². The third-order valence-corrected chi connectivity index (χ3v) is 2.59. The van der Waals surface area contributed by atoms with Gasteiger partial charge in [0.1, 0.15) is 5.70 Å². The summed E-state index contributed by atoms with van der Waals surface area (Å²) >= 11 is 0. The van der Waals surface area contributed by atoms with Gasteiger partial charge in [-0.3, -0.25) is 0 Å². The van der Waals surface area contributed by atoms with E-state index in [0.29, 0.717) is 0 Å². The first-order valence-electron chi connectivity index (χ1n) is 5.56. The minimum atomic E-state index is -4.33. The summed E-state index contributed by atoms with van der Waals surface area (Å²) < 4.78 is 38.3. The quantitative estimate of drug-likeness (QED) is 0.755. The average Bonchev–Trinajstić information content (AvgIpc) is 2.21. The summed E-state index contributed by atoms with van der Waals surface area (Å²) in [4.78, 5) is 1.09. The highest BCUT2D eigenvalue weighted by Gasteiger charge is 2.35. The fraction of sp³-hybridized carbons (Fsp3) is 0.667. The first-order valence-corrected chi connectivity index (χ1v) is 5.56. The summed E-state index contributed by atoms with van der Waals surface area (Å²) in [6, 6.07) is -0.385. The molecule has 1 unspecified atom stereocenters. The van der Waals surface area contributed by atoms with Gasteiger partial charge >= 0.3 is 6.18 Å². The van der Waals surface area contributed by atoms with Gasteiger partial charge in [-0.25, -0.2) is 0 Å². The number of nitrogens with one attached hydrogen (secondary N) is 1. The van der Waals surface area contributed by atoms with E-state index >= 15 is 0 Å². The number of hydrogen-bond donors (Lipinski definition) is 1. The van der Waals surface area contributed by atoms with E-state index in [1.165, 1.54) is 20.2 Å². The molecule has 0 aromatic carbocycles. The monoisotopic (exact) mass is 250 g/mol. The molecule has 0 aliphatic heterocycles. The van der Waals surface area contributed by atoms with Gasteiger partial charge in [-0.2, -0.15) is 13.2 Å². The SMILES string of the molecule is C/C=C(/CC)C(/C=C(\N(C)C)C(F)(F)F)NC. The number of alkyl halides is 3. The Morgan fingerprint density at radius 1 is 1.35 bits per heavy atom. The van der Waals surface area contributed by atoms with Crippen molar-refractivity contribution in [3.8, 4) is 0 Å². The summed E-state index contributed by atoms with van der Waals surface area (Å²) in [7, 11) is 4.45. The molecule has 0 aromatic rings. The van der Waals surface area contributed by atoms with Crippen LogP contribution in [-0.4, -0.2) is 38.3 Å². The molecule has 0 aromatic heterocycles. The second-order valence-electron chi connectivity index (χ2n) is 3.93. The largest absolute Gasteiger partial charge is 0.430 e. The molecule has 1 N–H and O–H groups in total. The van der Waals surface area contributed by atoms with Gasteiger partial charge in [0.25, 0.3) is 0 Å². The summed E-state index contributed by atoms with van der Waals surface area (Å²) in [5.74, 6) is 0. The summed E-state index contributed by atoms with van der Waals surface area (Å²) in [5.41, 5.74) is 0.306. The summed E-state index contributed by atoms with van der Waals surface area (Å²) in [5, 5.41) is 2.89. The Balaban J connectivity index is 5.28. The van der Waals surface area contributed by atoms with Crippen LogP contribution in [0.3, 0.4) is 0 Å². The zero-order valence-electron chi connectivity index (χ0n) is 11.0. The van der Waals surface area contributed by atoms with E-state index in [1.807, 2.05) is 19.9 Å². The molecule has 100 valence electrons. The Bertz CT molecular complexity index is 291. The molecule has 1 atom stereocenters. The van der Waals surface area contributed by atoms with Crippen molar-refractivity contribution in [1.82, 2.24) is 10.2 Å². The molecular weight excluding hydrogens is 229 g/mol. The zero-order chi connectivity index (χ0) is 13.6. The molecule has 0 amide bonds. The molecule has 0 rings (SSSR count). The third-order valence-electron chi connectivity index (χ3n) is 2.59. The molecule has 0 saturated carbocycles. The van der Waals surface area contributed by atoms with E-state index in [0.717, 1.165) is 16.9 Å². The Hall–Kier alpha value is -0.970. The molecule has 2 nitrogen and oxygen atoms in total. The van der Waals surface area contributed by atoms with Crippen LogP contribution in [0, 0.1) is 0 Å². The van der Waals surface area contributed by atoms with Crippen LogP contribution in [0.4, 0.5) is 13.2 Å². The van der Waals surface area contributed by atoms with E-state index in [2.05, 4.69) is 5.32 Å². The van der Waals surface area contributed by atoms with Gasteiger partial charge in [-0.1, -0.05) is 18.6 Å². The molecule has 0 heterocycles. The fourth-order valence-electron chi connectivity index (χ4n) is 1.63. The molecule has 0 spiro atoms. The summed E-state index contributed by atoms with van der Waals surface area (Å²) in [6.07, 6.45) is -0.539.